The minimum Gasteiger partial charge on any atom is -0.379 e. The van der Waals surface area contributed by atoms with Crippen LogP contribution in [0.3, 0.4) is 0 Å². The molecule has 0 spiro atoms. The minimum absolute atomic E-state index is 0. The first-order valence-corrected chi connectivity index (χ1v) is 9.53. The molecule has 0 atom stereocenters. The van der Waals surface area contributed by atoms with E-state index in [0.29, 0.717) is 25.2 Å². The second kappa shape index (κ2) is 10.6. The molecule has 5 nitrogen and oxygen atoms in total. The summed E-state index contributed by atoms with van der Waals surface area (Å²) in [6.45, 7) is 15.6. The van der Waals surface area contributed by atoms with Gasteiger partial charge in [-0.05, 0) is 31.9 Å². The average Bonchev–Trinajstić information content (AvgIpc) is 2.61. The van der Waals surface area contributed by atoms with E-state index < -0.39 is 0 Å². The Hall–Kier alpha value is -0.860. The second-order valence-electron chi connectivity index (χ2n) is 8.00. The Kier molecular flexibility index (Phi) is 9.51. The maximum absolute atomic E-state index is 5.66. The molecule has 1 fully saturated rings. The highest BCUT2D eigenvalue weighted by atomic mass is 127. The number of nitrogens with zero attached hydrogens (tertiary/aromatic N) is 2. The number of benzene rings is 1. The van der Waals surface area contributed by atoms with Crippen LogP contribution < -0.4 is 5.32 Å². The van der Waals surface area contributed by atoms with Gasteiger partial charge in [-0.2, -0.15) is 0 Å². The molecule has 154 valence electrons. The summed E-state index contributed by atoms with van der Waals surface area (Å²) in [5.74, 6) is 0.965. The fourth-order valence-corrected chi connectivity index (χ4v) is 3.16. The smallest absolute Gasteiger partial charge is 0.194 e. The van der Waals surface area contributed by atoms with Gasteiger partial charge in [-0.1, -0.05) is 38.1 Å². The monoisotopic (exact) mass is 489 g/mol. The van der Waals surface area contributed by atoms with E-state index in [1.807, 2.05) is 14.0 Å². The van der Waals surface area contributed by atoms with E-state index in [4.69, 9.17) is 9.47 Å². The van der Waals surface area contributed by atoms with Gasteiger partial charge in [-0.25, -0.2) is 0 Å². The zero-order valence-electron chi connectivity index (χ0n) is 17.7. The normalized spacial score (nSPS) is 17.9. The van der Waals surface area contributed by atoms with Gasteiger partial charge in [-0.3, -0.25) is 4.99 Å². The number of hydrogen-bond acceptors (Lipinski definition) is 3. The van der Waals surface area contributed by atoms with Gasteiger partial charge in [0.15, 0.2) is 5.96 Å². The van der Waals surface area contributed by atoms with Crippen LogP contribution in [0.5, 0.6) is 0 Å². The third-order valence-corrected chi connectivity index (χ3v) is 5.64. The van der Waals surface area contributed by atoms with Crippen LogP contribution in [0.15, 0.2) is 29.3 Å². The minimum atomic E-state index is 0. The van der Waals surface area contributed by atoms with Crippen LogP contribution in [-0.4, -0.2) is 49.8 Å². The van der Waals surface area contributed by atoms with Gasteiger partial charge in [0.05, 0.1) is 19.8 Å². The van der Waals surface area contributed by atoms with Crippen LogP contribution >= 0.6 is 24.0 Å². The summed E-state index contributed by atoms with van der Waals surface area (Å²) < 4.78 is 11.0. The Labute approximate surface area is 181 Å². The first-order chi connectivity index (χ1) is 12.3. The summed E-state index contributed by atoms with van der Waals surface area (Å²) >= 11 is 0. The number of likely N-dealkylation sites (tertiary alicyclic amines) is 1. The van der Waals surface area contributed by atoms with Gasteiger partial charge in [0.2, 0.25) is 0 Å². The number of guanidine groups is 1. The molecule has 0 radical (unpaired) electrons. The Morgan fingerprint density at radius 3 is 2.41 bits per heavy atom. The third kappa shape index (κ3) is 6.06. The van der Waals surface area contributed by atoms with Gasteiger partial charge < -0.3 is 19.7 Å². The van der Waals surface area contributed by atoms with E-state index in [2.05, 4.69) is 67.2 Å². The van der Waals surface area contributed by atoms with Crippen molar-refractivity contribution in [3.8, 4) is 0 Å². The van der Waals surface area contributed by atoms with E-state index in [9.17, 15) is 0 Å². The van der Waals surface area contributed by atoms with Gasteiger partial charge in [0.25, 0.3) is 0 Å². The molecule has 27 heavy (non-hydrogen) atoms. The molecule has 0 unspecified atom stereocenters. The third-order valence-electron chi connectivity index (χ3n) is 5.64. The van der Waals surface area contributed by atoms with Crippen molar-refractivity contribution in [2.75, 3.05) is 33.4 Å². The van der Waals surface area contributed by atoms with Crippen LogP contribution in [0.2, 0.25) is 0 Å². The van der Waals surface area contributed by atoms with Crippen LogP contribution in [0.1, 0.15) is 45.7 Å². The van der Waals surface area contributed by atoms with Crippen molar-refractivity contribution in [2.45, 2.75) is 53.3 Å². The fraction of sp³-hybridized carbons (Fsp3) is 0.667. The molecule has 1 saturated heterocycles. The van der Waals surface area contributed by atoms with Crippen molar-refractivity contribution in [1.82, 2.24) is 10.2 Å². The summed E-state index contributed by atoms with van der Waals surface area (Å²) in [6, 6.07) is 8.50. The highest BCUT2D eigenvalue weighted by Crippen LogP contribution is 2.46. The van der Waals surface area contributed by atoms with Gasteiger partial charge >= 0.3 is 0 Å². The molecule has 1 aliphatic heterocycles. The SMILES string of the molecule is CCOCCOCc1cccc(CNC(=NC)N2CC(C)(C)C2(C)C)c1.I. The second-order valence-corrected chi connectivity index (χ2v) is 8.00. The molecule has 0 aliphatic carbocycles. The molecule has 0 bridgehead atoms. The molecule has 1 aromatic carbocycles. The summed E-state index contributed by atoms with van der Waals surface area (Å²) in [4.78, 5) is 6.83. The highest BCUT2D eigenvalue weighted by Gasteiger charge is 2.53. The topological polar surface area (TPSA) is 46.1 Å². The van der Waals surface area contributed by atoms with Crippen molar-refractivity contribution in [3.63, 3.8) is 0 Å². The Morgan fingerprint density at radius 1 is 1.15 bits per heavy atom. The number of aliphatic imine (C=N–C) groups is 1. The van der Waals surface area contributed by atoms with Crippen LogP contribution in [0.25, 0.3) is 0 Å². The molecule has 0 amide bonds. The van der Waals surface area contributed by atoms with Gasteiger partial charge in [0, 0.05) is 37.7 Å². The first kappa shape index (κ1) is 24.2. The number of hydrogen-bond donors (Lipinski definition) is 1. The largest absolute Gasteiger partial charge is 0.379 e. The van der Waals surface area contributed by atoms with E-state index in [-0.39, 0.29) is 29.5 Å². The van der Waals surface area contributed by atoms with E-state index >= 15 is 0 Å². The maximum Gasteiger partial charge on any atom is 0.194 e. The zero-order valence-corrected chi connectivity index (χ0v) is 20.0. The quantitative estimate of drug-likeness (QED) is 0.259. The van der Waals surface area contributed by atoms with Crippen LogP contribution in [0, 0.1) is 5.41 Å². The average molecular weight is 489 g/mol. The van der Waals surface area contributed by atoms with Crippen LogP contribution in [0.4, 0.5) is 0 Å². The molecule has 1 aromatic rings. The van der Waals surface area contributed by atoms with Gasteiger partial charge in [0.1, 0.15) is 0 Å². The standard InChI is InChI=1S/C21H35N3O2.HI/c1-7-25-11-12-26-15-18-10-8-9-17(13-18)14-23-19(22-6)24-16-20(2,3)21(24,4)5;/h8-10,13H,7,11-12,14-16H2,1-6H3,(H,22,23);1H. The molecular weight excluding hydrogens is 453 g/mol. The summed E-state index contributed by atoms with van der Waals surface area (Å²) in [6.07, 6.45) is 0. The zero-order chi connectivity index (χ0) is 19.2. The predicted octanol–water partition coefficient (Wildman–Crippen LogP) is 4.05. The Balaban J connectivity index is 0.00000364. The molecule has 0 aromatic heterocycles. The maximum atomic E-state index is 5.66. The summed E-state index contributed by atoms with van der Waals surface area (Å²) in [5, 5.41) is 3.51. The summed E-state index contributed by atoms with van der Waals surface area (Å²) in [7, 11) is 1.85. The predicted molar refractivity (Wildman–Crippen MR) is 123 cm³/mol. The van der Waals surface area contributed by atoms with Crippen molar-refractivity contribution in [2.24, 2.45) is 10.4 Å². The number of ether oxygens (including phenoxy) is 2. The van der Waals surface area contributed by atoms with E-state index in [1.54, 1.807) is 0 Å². The van der Waals surface area contributed by atoms with Crippen molar-refractivity contribution < 1.29 is 9.47 Å². The van der Waals surface area contributed by atoms with Gasteiger partial charge in [-0.15, -0.1) is 24.0 Å². The van der Waals surface area contributed by atoms with E-state index in [1.165, 1.54) is 11.1 Å². The molecule has 0 saturated carbocycles. The molecule has 1 aliphatic rings. The lowest BCUT2D eigenvalue weighted by molar-refractivity contribution is -0.0667. The Bertz CT molecular complexity index is 617. The first-order valence-electron chi connectivity index (χ1n) is 9.53. The molecule has 1 heterocycles. The lowest BCUT2D eigenvalue weighted by Crippen LogP contribution is -2.72. The van der Waals surface area contributed by atoms with E-state index in [0.717, 1.165) is 25.7 Å². The summed E-state index contributed by atoms with van der Waals surface area (Å²) in [5.41, 5.74) is 2.81. The number of nitrogens with one attached hydrogen (secondary N) is 1. The number of halogens is 1. The lowest BCUT2D eigenvalue weighted by Gasteiger charge is -2.62. The molecular formula is C21H36IN3O2. The molecule has 1 N–H and O–H groups in total. The molecule has 6 heteroatoms. The fourth-order valence-electron chi connectivity index (χ4n) is 3.16. The lowest BCUT2D eigenvalue weighted by atomic mass is 9.65. The molecule has 2 rings (SSSR count). The van der Waals surface area contributed by atoms with Crippen molar-refractivity contribution in [3.05, 3.63) is 35.4 Å². The van der Waals surface area contributed by atoms with Crippen molar-refractivity contribution >= 4 is 29.9 Å². The van der Waals surface area contributed by atoms with Crippen molar-refractivity contribution in [1.29, 1.82) is 0 Å². The van der Waals surface area contributed by atoms with Crippen LogP contribution in [-0.2, 0) is 22.6 Å². The Morgan fingerprint density at radius 2 is 1.81 bits per heavy atom. The number of rotatable bonds is 8. The highest BCUT2D eigenvalue weighted by molar-refractivity contribution is 14.0.